The second kappa shape index (κ2) is 6.28. The molecule has 24 heavy (non-hydrogen) atoms. The number of para-hydroxylation sites is 1. The van der Waals surface area contributed by atoms with Crippen LogP contribution in [0.3, 0.4) is 0 Å². The van der Waals surface area contributed by atoms with Gasteiger partial charge in [0.2, 0.25) is 5.91 Å². The highest BCUT2D eigenvalue weighted by molar-refractivity contribution is 5.82. The van der Waals surface area contributed by atoms with Crippen molar-refractivity contribution in [3.8, 4) is 5.69 Å². The highest BCUT2D eigenvalue weighted by Crippen LogP contribution is 2.47. The van der Waals surface area contributed by atoms with Gasteiger partial charge in [-0.05, 0) is 36.1 Å². The summed E-state index contributed by atoms with van der Waals surface area (Å²) in [6, 6.07) is 13.9. The lowest BCUT2D eigenvalue weighted by atomic mass is 10.1. The van der Waals surface area contributed by atoms with Gasteiger partial charge in [-0.3, -0.25) is 9.78 Å². The average Bonchev–Trinajstić information content (AvgIpc) is 3.31. The molecule has 120 valence electrons. The molecule has 1 aliphatic rings. The molecule has 4 rings (SSSR count). The number of nitrogens with one attached hydrogen (secondary N) is 1. The van der Waals surface area contributed by atoms with Crippen molar-refractivity contribution in [3.05, 3.63) is 78.4 Å². The Kier molecular flexibility index (Phi) is 3.83. The van der Waals surface area contributed by atoms with Crippen molar-refractivity contribution in [1.82, 2.24) is 20.1 Å². The van der Waals surface area contributed by atoms with Gasteiger partial charge in [-0.1, -0.05) is 24.3 Å². The number of rotatable bonds is 5. The number of pyridine rings is 1. The molecule has 1 aliphatic carbocycles. The zero-order chi connectivity index (χ0) is 16.4. The van der Waals surface area contributed by atoms with E-state index in [0.717, 1.165) is 23.2 Å². The number of aromatic nitrogens is 3. The molecule has 0 saturated heterocycles. The van der Waals surface area contributed by atoms with E-state index < -0.39 is 0 Å². The van der Waals surface area contributed by atoms with Crippen molar-refractivity contribution in [2.75, 3.05) is 0 Å². The maximum atomic E-state index is 12.3. The van der Waals surface area contributed by atoms with Crippen LogP contribution in [-0.4, -0.2) is 20.7 Å². The lowest BCUT2D eigenvalue weighted by Gasteiger charge is -2.03. The minimum Gasteiger partial charge on any atom is -0.352 e. The summed E-state index contributed by atoms with van der Waals surface area (Å²) in [5.74, 6) is 0.487. The fourth-order valence-corrected chi connectivity index (χ4v) is 2.94. The summed E-state index contributed by atoms with van der Waals surface area (Å²) in [6.07, 6.45) is 8.24. The number of hydrogen-bond donors (Lipinski definition) is 1. The van der Waals surface area contributed by atoms with E-state index in [4.69, 9.17) is 0 Å². The standard InChI is InChI=1S/C19H18N4O/c24-19(18-9-17(18)15-5-4-8-20-12-15)21-10-14-11-22-23(13-14)16-6-2-1-3-7-16/h1-8,11-13,17-18H,9-10H2,(H,21,24)/t17-,18+/m0/s1. The van der Waals surface area contributed by atoms with Gasteiger partial charge in [0.05, 0.1) is 11.9 Å². The molecule has 5 nitrogen and oxygen atoms in total. The van der Waals surface area contributed by atoms with Crippen LogP contribution in [0.1, 0.15) is 23.5 Å². The molecular formula is C19H18N4O. The van der Waals surface area contributed by atoms with Gasteiger partial charge in [-0.2, -0.15) is 5.10 Å². The molecule has 1 aromatic carbocycles. The Morgan fingerprint density at radius 3 is 2.83 bits per heavy atom. The van der Waals surface area contributed by atoms with Crippen LogP contribution >= 0.6 is 0 Å². The molecule has 0 aliphatic heterocycles. The largest absolute Gasteiger partial charge is 0.352 e. The monoisotopic (exact) mass is 318 g/mol. The van der Waals surface area contributed by atoms with E-state index in [0.29, 0.717) is 12.5 Å². The quantitative estimate of drug-likeness (QED) is 0.787. The van der Waals surface area contributed by atoms with E-state index in [2.05, 4.69) is 15.4 Å². The minimum absolute atomic E-state index is 0.0679. The second-order valence-electron chi connectivity index (χ2n) is 6.08. The molecule has 0 radical (unpaired) electrons. The normalized spacial score (nSPS) is 19.0. The maximum absolute atomic E-state index is 12.3. The van der Waals surface area contributed by atoms with Crippen LogP contribution in [0.25, 0.3) is 5.69 Å². The van der Waals surface area contributed by atoms with E-state index in [1.807, 2.05) is 59.5 Å². The molecule has 1 N–H and O–H groups in total. The van der Waals surface area contributed by atoms with Crippen molar-refractivity contribution < 1.29 is 4.79 Å². The molecule has 1 fully saturated rings. The molecule has 2 atom stereocenters. The summed E-state index contributed by atoms with van der Waals surface area (Å²) >= 11 is 0. The molecule has 1 saturated carbocycles. The number of benzene rings is 1. The summed E-state index contributed by atoms with van der Waals surface area (Å²) in [5.41, 5.74) is 3.15. The zero-order valence-corrected chi connectivity index (χ0v) is 13.2. The van der Waals surface area contributed by atoms with Crippen LogP contribution in [0.15, 0.2) is 67.3 Å². The molecule has 0 bridgehead atoms. The molecule has 0 unspecified atom stereocenters. The predicted octanol–water partition coefficient (Wildman–Crippen LogP) is 2.69. The van der Waals surface area contributed by atoms with E-state index in [1.54, 1.807) is 12.4 Å². The Balaban J connectivity index is 1.33. The van der Waals surface area contributed by atoms with Crippen LogP contribution in [0, 0.1) is 5.92 Å². The summed E-state index contributed by atoms with van der Waals surface area (Å²) < 4.78 is 1.82. The number of hydrogen-bond acceptors (Lipinski definition) is 3. The summed E-state index contributed by atoms with van der Waals surface area (Å²) in [7, 11) is 0. The highest BCUT2D eigenvalue weighted by Gasteiger charge is 2.43. The van der Waals surface area contributed by atoms with Gasteiger partial charge in [0.25, 0.3) is 0 Å². The zero-order valence-electron chi connectivity index (χ0n) is 13.2. The van der Waals surface area contributed by atoms with Crippen molar-refractivity contribution in [3.63, 3.8) is 0 Å². The van der Waals surface area contributed by atoms with E-state index >= 15 is 0 Å². The van der Waals surface area contributed by atoms with Gasteiger partial charge in [0.1, 0.15) is 0 Å². The fraction of sp³-hybridized carbons (Fsp3) is 0.211. The van der Waals surface area contributed by atoms with E-state index in [-0.39, 0.29) is 11.8 Å². The Bertz CT molecular complexity index is 829. The fourth-order valence-electron chi connectivity index (χ4n) is 2.94. The minimum atomic E-state index is 0.0679. The first-order valence-electron chi connectivity index (χ1n) is 8.08. The summed E-state index contributed by atoms with van der Waals surface area (Å²) in [6.45, 7) is 0.502. The van der Waals surface area contributed by atoms with E-state index in [9.17, 15) is 4.79 Å². The van der Waals surface area contributed by atoms with Gasteiger partial charge in [-0.25, -0.2) is 4.68 Å². The van der Waals surface area contributed by atoms with Gasteiger partial charge in [0.15, 0.2) is 0 Å². The molecule has 2 heterocycles. The van der Waals surface area contributed by atoms with E-state index in [1.165, 1.54) is 0 Å². The van der Waals surface area contributed by atoms with Crippen LogP contribution in [0.5, 0.6) is 0 Å². The smallest absolute Gasteiger partial charge is 0.224 e. The number of amides is 1. The maximum Gasteiger partial charge on any atom is 0.224 e. The molecule has 3 aromatic rings. The third kappa shape index (κ3) is 3.06. The molecule has 1 amide bonds. The van der Waals surface area contributed by atoms with Crippen LogP contribution in [0.2, 0.25) is 0 Å². The number of carbonyl (C=O) groups is 1. The molecule has 2 aromatic heterocycles. The van der Waals surface area contributed by atoms with Crippen molar-refractivity contribution in [2.45, 2.75) is 18.9 Å². The van der Waals surface area contributed by atoms with Crippen molar-refractivity contribution >= 4 is 5.91 Å². The number of carbonyl (C=O) groups excluding carboxylic acids is 1. The van der Waals surface area contributed by atoms with Crippen LogP contribution in [-0.2, 0) is 11.3 Å². The second-order valence-corrected chi connectivity index (χ2v) is 6.08. The SMILES string of the molecule is O=C(NCc1cnn(-c2ccccc2)c1)[C@@H]1C[C@H]1c1cccnc1. The van der Waals surface area contributed by atoms with Crippen LogP contribution in [0.4, 0.5) is 0 Å². The van der Waals surface area contributed by atoms with Crippen molar-refractivity contribution in [1.29, 1.82) is 0 Å². The first kappa shape index (κ1) is 14.6. The summed E-state index contributed by atoms with van der Waals surface area (Å²) in [4.78, 5) is 16.4. The third-order valence-corrected chi connectivity index (χ3v) is 4.36. The lowest BCUT2D eigenvalue weighted by Crippen LogP contribution is -2.24. The average molecular weight is 318 g/mol. The van der Waals surface area contributed by atoms with Gasteiger partial charge in [0, 0.05) is 36.6 Å². The Labute approximate surface area is 140 Å². The summed E-state index contributed by atoms with van der Waals surface area (Å²) in [5, 5.41) is 7.36. The lowest BCUT2D eigenvalue weighted by molar-refractivity contribution is -0.122. The third-order valence-electron chi connectivity index (χ3n) is 4.36. The number of nitrogens with zero attached hydrogens (tertiary/aromatic N) is 3. The van der Waals surface area contributed by atoms with Gasteiger partial charge >= 0.3 is 0 Å². The topological polar surface area (TPSA) is 59.8 Å². The Morgan fingerprint density at radius 2 is 2.04 bits per heavy atom. The van der Waals surface area contributed by atoms with Crippen molar-refractivity contribution in [2.24, 2.45) is 5.92 Å². The Hall–Kier alpha value is -2.95. The van der Waals surface area contributed by atoms with Crippen LogP contribution < -0.4 is 5.32 Å². The molecular weight excluding hydrogens is 300 g/mol. The highest BCUT2D eigenvalue weighted by atomic mass is 16.2. The molecule has 0 spiro atoms. The van der Waals surface area contributed by atoms with Gasteiger partial charge in [-0.15, -0.1) is 0 Å². The first-order valence-corrected chi connectivity index (χ1v) is 8.08. The first-order chi connectivity index (χ1) is 11.8. The molecule has 5 heteroatoms. The predicted molar refractivity (Wildman–Crippen MR) is 90.5 cm³/mol. The van der Waals surface area contributed by atoms with Gasteiger partial charge < -0.3 is 5.32 Å². The Morgan fingerprint density at radius 1 is 1.17 bits per heavy atom.